The third-order valence-electron chi connectivity index (χ3n) is 4.51. The molecule has 0 bridgehead atoms. The number of aryl methyl sites for hydroxylation is 1. The molecule has 1 heterocycles. The van der Waals surface area contributed by atoms with E-state index in [1.54, 1.807) is 19.1 Å². The Morgan fingerprint density at radius 2 is 1.96 bits per heavy atom. The van der Waals surface area contributed by atoms with Crippen LogP contribution in [0.2, 0.25) is 0 Å². The molecule has 1 unspecified atom stereocenters. The standard InChI is InChI=1S/C20H17NO4/c1-11-9-13(10-16(24-2)18(11)22)19-15-8-7-12-5-3-4-6-14(12)17(15)21-20(23)25-19/h3-10,19,22H,1-2H3,(H,21,23). The largest absolute Gasteiger partial charge is 0.504 e. The van der Waals surface area contributed by atoms with E-state index in [2.05, 4.69) is 5.32 Å². The highest BCUT2D eigenvalue weighted by Crippen LogP contribution is 2.42. The van der Waals surface area contributed by atoms with Crippen LogP contribution in [0.4, 0.5) is 10.5 Å². The van der Waals surface area contributed by atoms with Gasteiger partial charge in [-0.05, 0) is 30.0 Å². The Labute approximate surface area is 144 Å². The van der Waals surface area contributed by atoms with Gasteiger partial charge >= 0.3 is 6.09 Å². The van der Waals surface area contributed by atoms with E-state index in [-0.39, 0.29) is 5.75 Å². The van der Waals surface area contributed by atoms with Crippen LogP contribution in [-0.2, 0) is 4.74 Å². The van der Waals surface area contributed by atoms with Gasteiger partial charge in [0.2, 0.25) is 0 Å². The monoisotopic (exact) mass is 335 g/mol. The Kier molecular flexibility index (Phi) is 3.50. The van der Waals surface area contributed by atoms with Crippen LogP contribution in [0, 0.1) is 6.92 Å². The summed E-state index contributed by atoms with van der Waals surface area (Å²) in [6.07, 6.45) is -1.07. The van der Waals surface area contributed by atoms with Crippen LogP contribution in [0.15, 0.2) is 48.5 Å². The van der Waals surface area contributed by atoms with Gasteiger partial charge in [0.05, 0.1) is 12.8 Å². The fourth-order valence-electron chi connectivity index (χ4n) is 3.28. The molecule has 1 aliphatic heterocycles. The number of amides is 1. The summed E-state index contributed by atoms with van der Waals surface area (Å²) < 4.78 is 10.8. The van der Waals surface area contributed by atoms with Crippen molar-refractivity contribution in [2.75, 3.05) is 12.4 Å². The molecule has 1 atom stereocenters. The first-order valence-corrected chi connectivity index (χ1v) is 7.95. The van der Waals surface area contributed by atoms with Crippen molar-refractivity contribution in [1.29, 1.82) is 0 Å². The van der Waals surface area contributed by atoms with Gasteiger partial charge in [0.1, 0.15) is 0 Å². The highest BCUT2D eigenvalue weighted by molar-refractivity contribution is 6.03. The number of nitrogens with one attached hydrogen (secondary N) is 1. The van der Waals surface area contributed by atoms with Gasteiger partial charge in [-0.25, -0.2) is 4.79 Å². The maximum Gasteiger partial charge on any atom is 0.412 e. The van der Waals surface area contributed by atoms with Crippen molar-refractivity contribution in [3.63, 3.8) is 0 Å². The molecule has 1 aliphatic rings. The normalized spacial score (nSPS) is 16.1. The number of phenols is 1. The number of carbonyl (C=O) groups is 1. The summed E-state index contributed by atoms with van der Waals surface area (Å²) in [5.41, 5.74) is 3.03. The summed E-state index contributed by atoms with van der Waals surface area (Å²) in [6, 6.07) is 15.3. The predicted octanol–water partition coefficient (Wildman–Crippen LogP) is 4.51. The van der Waals surface area contributed by atoms with Crippen LogP contribution >= 0.6 is 0 Å². The molecule has 0 radical (unpaired) electrons. The molecule has 126 valence electrons. The van der Waals surface area contributed by atoms with E-state index in [4.69, 9.17) is 9.47 Å². The zero-order valence-corrected chi connectivity index (χ0v) is 13.9. The van der Waals surface area contributed by atoms with Gasteiger partial charge in [-0.3, -0.25) is 5.32 Å². The number of cyclic esters (lactones) is 1. The number of hydrogen-bond acceptors (Lipinski definition) is 4. The van der Waals surface area contributed by atoms with E-state index in [1.807, 2.05) is 36.4 Å². The van der Waals surface area contributed by atoms with Crippen LogP contribution in [0.1, 0.15) is 22.8 Å². The van der Waals surface area contributed by atoms with Crippen molar-refractivity contribution in [2.24, 2.45) is 0 Å². The Balaban J connectivity index is 1.92. The van der Waals surface area contributed by atoms with E-state index >= 15 is 0 Å². The SMILES string of the molecule is COc1cc(C2OC(=O)Nc3c2ccc2ccccc32)cc(C)c1O. The van der Waals surface area contributed by atoms with Crippen LogP contribution in [0.5, 0.6) is 11.5 Å². The molecule has 0 spiro atoms. The summed E-state index contributed by atoms with van der Waals surface area (Å²) in [6.45, 7) is 1.78. The maximum absolute atomic E-state index is 12.1. The van der Waals surface area contributed by atoms with E-state index in [0.29, 0.717) is 11.3 Å². The first kappa shape index (κ1) is 15.3. The number of benzene rings is 3. The van der Waals surface area contributed by atoms with Gasteiger partial charge in [-0.15, -0.1) is 0 Å². The highest BCUT2D eigenvalue weighted by Gasteiger charge is 2.30. The number of carbonyl (C=O) groups excluding carboxylic acids is 1. The molecule has 1 amide bonds. The van der Waals surface area contributed by atoms with E-state index in [0.717, 1.165) is 27.6 Å². The lowest BCUT2D eigenvalue weighted by Crippen LogP contribution is -2.25. The second kappa shape index (κ2) is 5.70. The Morgan fingerprint density at radius 1 is 1.16 bits per heavy atom. The van der Waals surface area contributed by atoms with Crippen molar-refractivity contribution in [2.45, 2.75) is 13.0 Å². The number of rotatable bonds is 2. The van der Waals surface area contributed by atoms with Crippen LogP contribution in [0.3, 0.4) is 0 Å². The number of hydrogen-bond donors (Lipinski definition) is 2. The highest BCUT2D eigenvalue weighted by atomic mass is 16.6. The Bertz CT molecular complexity index is 996. The van der Waals surface area contributed by atoms with Gasteiger partial charge in [-0.1, -0.05) is 36.4 Å². The van der Waals surface area contributed by atoms with Gasteiger partial charge in [0, 0.05) is 16.5 Å². The number of methoxy groups -OCH3 is 1. The molecule has 25 heavy (non-hydrogen) atoms. The van der Waals surface area contributed by atoms with Gasteiger partial charge in [-0.2, -0.15) is 0 Å². The third kappa shape index (κ3) is 2.45. The lowest BCUT2D eigenvalue weighted by atomic mass is 9.94. The average Bonchev–Trinajstić information content (AvgIpc) is 2.63. The lowest BCUT2D eigenvalue weighted by Gasteiger charge is -2.28. The molecule has 5 heteroatoms. The molecule has 0 saturated heterocycles. The van der Waals surface area contributed by atoms with Crippen molar-refractivity contribution in [3.05, 3.63) is 65.2 Å². The summed E-state index contributed by atoms with van der Waals surface area (Å²) in [4.78, 5) is 12.1. The van der Waals surface area contributed by atoms with E-state index in [1.165, 1.54) is 7.11 Å². The second-order valence-electron chi connectivity index (χ2n) is 6.05. The predicted molar refractivity (Wildman–Crippen MR) is 95.3 cm³/mol. The van der Waals surface area contributed by atoms with Crippen LogP contribution < -0.4 is 10.1 Å². The molecule has 0 fully saturated rings. The molecule has 0 aromatic heterocycles. The molecule has 2 N–H and O–H groups in total. The van der Waals surface area contributed by atoms with E-state index < -0.39 is 12.2 Å². The number of anilines is 1. The summed E-state index contributed by atoms with van der Waals surface area (Å²) in [7, 11) is 1.49. The quantitative estimate of drug-likeness (QED) is 0.723. The van der Waals surface area contributed by atoms with Crippen molar-refractivity contribution >= 4 is 22.6 Å². The smallest absolute Gasteiger partial charge is 0.412 e. The average molecular weight is 335 g/mol. The number of aromatic hydroxyl groups is 1. The van der Waals surface area contributed by atoms with Gasteiger partial charge in [0.15, 0.2) is 17.6 Å². The van der Waals surface area contributed by atoms with Gasteiger partial charge in [0.25, 0.3) is 0 Å². The fraction of sp³-hybridized carbons (Fsp3) is 0.150. The summed E-state index contributed by atoms with van der Waals surface area (Å²) >= 11 is 0. The molecule has 0 aliphatic carbocycles. The Morgan fingerprint density at radius 3 is 2.76 bits per heavy atom. The third-order valence-corrected chi connectivity index (χ3v) is 4.51. The molecule has 5 nitrogen and oxygen atoms in total. The Hall–Kier alpha value is -3.21. The first-order valence-electron chi connectivity index (χ1n) is 7.95. The molecular weight excluding hydrogens is 318 g/mol. The second-order valence-corrected chi connectivity index (χ2v) is 6.05. The minimum absolute atomic E-state index is 0.0882. The topological polar surface area (TPSA) is 67.8 Å². The fourth-order valence-corrected chi connectivity index (χ4v) is 3.28. The van der Waals surface area contributed by atoms with Crippen LogP contribution in [-0.4, -0.2) is 18.3 Å². The lowest BCUT2D eigenvalue weighted by molar-refractivity contribution is 0.126. The number of phenolic OH excluding ortho intramolecular Hbond substituents is 1. The van der Waals surface area contributed by atoms with Gasteiger partial charge < -0.3 is 14.6 Å². The summed E-state index contributed by atoms with van der Waals surface area (Å²) in [5.74, 6) is 0.442. The summed E-state index contributed by atoms with van der Waals surface area (Å²) in [5, 5.41) is 14.9. The number of ether oxygens (including phenoxy) is 2. The minimum atomic E-state index is -0.568. The van der Waals surface area contributed by atoms with Crippen molar-refractivity contribution < 1.29 is 19.4 Å². The van der Waals surface area contributed by atoms with E-state index in [9.17, 15) is 9.90 Å². The molecule has 4 rings (SSSR count). The molecule has 3 aromatic carbocycles. The van der Waals surface area contributed by atoms with Crippen molar-refractivity contribution in [3.8, 4) is 11.5 Å². The zero-order valence-electron chi connectivity index (χ0n) is 13.9. The molecule has 3 aromatic rings. The van der Waals surface area contributed by atoms with Crippen molar-refractivity contribution in [1.82, 2.24) is 0 Å². The zero-order chi connectivity index (χ0) is 17.6. The maximum atomic E-state index is 12.1. The molecular formula is C20H17NO4. The first-order chi connectivity index (χ1) is 12.1. The minimum Gasteiger partial charge on any atom is -0.504 e. The number of fused-ring (bicyclic) bond motifs is 3. The molecule has 0 saturated carbocycles. The van der Waals surface area contributed by atoms with Crippen LogP contribution in [0.25, 0.3) is 10.8 Å².